The Balaban J connectivity index is 1.49. The number of aliphatic hydroxyl groups is 1. The molecule has 0 aliphatic heterocycles. The smallest absolute Gasteiger partial charge is 0.123 e. The largest absolute Gasteiger partial charge is 0.393 e. The topological polar surface area (TPSA) is 49.7 Å². The molecule has 0 unspecified atom stereocenters. The van der Waals surface area contributed by atoms with Crippen LogP contribution in [0.5, 0.6) is 0 Å². The van der Waals surface area contributed by atoms with Gasteiger partial charge in [0.25, 0.3) is 0 Å². The maximum Gasteiger partial charge on any atom is 0.123 e. The van der Waals surface area contributed by atoms with Gasteiger partial charge in [0.2, 0.25) is 0 Å². The van der Waals surface area contributed by atoms with Crippen LogP contribution in [0.2, 0.25) is 0 Å². The molecular formula is C29H48O3. The average molecular weight is 445 g/mol. The second-order valence-corrected chi connectivity index (χ2v) is 12.8. The van der Waals surface area contributed by atoms with Crippen molar-refractivity contribution in [3.63, 3.8) is 0 Å². The van der Waals surface area contributed by atoms with Gasteiger partial charge in [-0.25, -0.2) is 4.89 Å². The van der Waals surface area contributed by atoms with Crippen LogP contribution >= 0.6 is 0 Å². The summed E-state index contributed by atoms with van der Waals surface area (Å²) < 4.78 is 0. The van der Waals surface area contributed by atoms with Gasteiger partial charge in [0, 0.05) is 0 Å². The van der Waals surface area contributed by atoms with Crippen molar-refractivity contribution in [3.05, 3.63) is 24.3 Å². The van der Waals surface area contributed by atoms with E-state index in [4.69, 9.17) is 4.89 Å². The zero-order valence-electron chi connectivity index (χ0n) is 21.3. The summed E-state index contributed by atoms with van der Waals surface area (Å²) in [7, 11) is 0. The predicted octanol–water partition coefficient (Wildman–Crippen LogP) is 7.41. The summed E-state index contributed by atoms with van der Waals surface area (Å²) in [6.07, 6.45) is 15.9. The molecule has 0 saturated heterocycles. The highest BCUT2D eigenvalue weighted by Gasteiger charge is 2.59. The van der Waals surface area contributed by atoms with E-state index in [0.717, 1.165) is 49.4 Å². The molecule has 3 heteroatoms. The highest BCUT2D eigenvalue weighted by Crippen LogP contribution is 2.67. The van der Waals surface area contributed by atoms with E-state index in [1.807, 2.05) is 6.08 Å². The van der Waals surface area contributed by atoms with Crippen LogP contribution in [0.4, 0.5) is 0 Å². The van der Waals surface area contributed by atoms with E-state index in [2.05, 4.69) is 47.3 Å². The molecule has 3 saturated carbocycles. The van der Waals surface area contributed by atoms with Crippen LogP contribution in [-0.2, 0) is 4.89 Å². The van der Waals surface area contributed by atoms with Crippen LogP contribution in [0.3, 0.4) is 0 Å². The minimum absolute atomic E-state index is 0.118. The van der Waals surface area contributed by atoms with Crippen molar-refractivity contribution >= 4 is 0 Å². The monoisotopic (exact) mass is 444 g/mol. The Morgan fingerprint density at radius 3 is 2.56 bits per heavy atom. The summed E-state index contributed by atoms with van der Waals surface area (Å²) in [6, 6.07) is 0. The number of allylic oxidation sites excluding steroid dienone is 1. The molecule has 0 aromatic carbocycles. The zero-order chi connectivity index (χ0) is 23.3. The molecule has 0 spiro atoms. The summed E-state index contributed by atoms with van der Waals surface area (Å²) in [5.41, 5.74) is 1.70. The van der Waals surface area contributed by atoms with Crippen molar-refractivity contribution in [2.45, 2.75) is 111 Å². The van der Waals surface area contributed by atoms with Gasteiger partial charge in [-0.15, -0.1) is 6.58 Å². The lowest BCUT2D eigenvalue weighted by Crippen LogP contribution is -2.50. The van der Waals surface area contributed by atoms with Crippen LogP contribution in [0.15, 0.2) is 24.3 Å². The maximum atomic E-state index is 10.3. The molecule has 0 aromatic rings. The van der Waals surface area contributed by atoms with Gasteiger partial charge in [-0.2, -0.15) is 0 Å². The van der Waals surface area contributed by atoms with E-state index in [-0.39, 0.29) is 12.0 Å². The van der Waals surface area contributed by atoms with Gasteiger partial charge in [0.05, 0.1) is 6.10 Å². The van der Waals surface area contributed by atoms with Crippen molar-refractivity contribution < 1.29 is 15.3 Å². The van der Waals surface area contributed by atoms with Crippen LogP contribution in [0.25, 0.3) is 0 Å². The fraction of sp³-hybridized carbons (Fsp3) is 0.862. The summed E-state index contributed by atoms with van der Waals surface area (Å²) in [6.45, 7) is 15.7. The molecule has 4 aliphatic carbocycles. The molecule has 3 fully saturated rings. The first kappa shape index (κ1) is 24.5. The molecule has 32 heavy (non-hydrogen) atoms. The third kappa shape index (κ3) is 3.75. The standard InChI is InChI=1S/C29H48O3/c1-7-29(32-31,19(2)3)17-12-20(4)24-10-11-25-23-9-8-21-18-22(30)13-15-27(21,5)26(23)14-16-28(24,25)6/h7-8,19-20,22-26,30-31H,1,9-18H2,2-6H3/t20-,22+,23+,24-,25+,26+,27+,28-,29+/m1/s1. The highest BCUT2D eigenvalue weighted by atomic mass is 17.1. The van der Waals surface area contributed by atoms with Crippen LogP contribution < -0.4 is 0 Å². The van der Waals surface area contributed by atoms with Crippen molar-refractivity contribution in [2.24, 2.45) is 46.3 Å². The molecule has 0 heterocycles. The first-order chi connectivity index (χ1) is 15.1. The second kappa shape index (κ2) is 8.86. The normalized spacial score (nSPS) is 44.1. The van der Waals surface area contributed by atoms with Gasteiger partial charge in [0.1, 0.15) is 5.60 Å². The predicted molar refractivity (Wildman–Crippen MR) is 131 cm³/mol. The molecule has 9 atom stereocenters. The molecular weight excluding hydrogens is 396 g/mol. The molecule has 4 rings (SSSR count). The Bertz CT molecular complexity index is 728. The Morgan fingerprint density at radius 1 is 1.16 bits per heavy atom. The SMILES string of the molecule is C=C[C@@](CC[C@@H](C)[C@H]1CC[C@H]2[C@@H]3CC=C4C[C@@H](O)CC[C@]4(C)[C@H]3CC[C@]12C)(OO)C(C)C. The van der Waals surface area contributed by atoms with Crippen molar-refractivity contribution in [2.75, 3.05) is 0 Å². The molecule has 0 bridgehead atoms. The van der Waals surface area contributed by atoms with E-state index in [0.29, 0.717) is 16.7 Å². The van der Waals surface area contributed by atoms with Gasteiger partial charge >= 0.3 is 0 Å². The lowest BCUT2D eigenvalue weighted by atomic mass is 9.47. The summed E-state index contributed by atoms with van der Waals surface area (Å²) >= 11 is 0. The molecule has 2 N–H and O–H groups in total. The lowest BCUT2D eigenvalue weighted by Gasteiger charge is -2.58. The van der Waals surface area contributed by atoms with Crippen LogP contribution in [0, 0.1) is 46.3 Å². The Morgan fingerprint density at radius 2 is 1.91 bits per heavy atom. The molecule has 182 valence electrons. The molecule has 0 radical (unpaired) electrons. The van der Waals surface area contributed by atoms with Crippen molar-refractivity contribution in [3.8, 4) is 0 Å². The zero-order valence-corrected chi connectivity index (χ0v) is 21.3. The first-order valence-corrected chi connectivity index (χ1v) is 13.4. The third-order valence-electron chi connectivity index (χ3n) is 11.3. The van der Waals surface area contributed by atoms with Crippen LogP contribution in [0.1, 0.15) is 98.8 Å². The number of hydrogen-bond acceptors (Lipinski definition) is 3. The van der Waals surface area contributed by atoms with E-state index >= 15 is 0 Å². The summed E-state index contributed by atoms with van der Waals surface area (Å²) in [5, 5.41) is 19.9. The minimum Gasteiger partial charge on any atom is -0.393 e. The fourth-order valence-corrected chi connectivity index (χ4v) is 9.09. The third-order valence-corrected chi connectivity index (χ3v) is 11.3. The summed E-state index contributed by atoms with van der Waals surface area (Å²) in [4.78, 5) is 4.99. The first-order valence-electron chi connectivity index (χ1n) is 13.4. The minimum atomic E-state index is -0.629. The van der Waals surface area contributed by atoms with Gasteiger partial charge in [0.15, 0.2) is 0 Å². The quantitative estimate of drug-likeness (QED) is 0.244. The molecule has 4 aliphatic rings. The Hall–Kier alpha value is -0.640. The van der Waals surface area contributed by atoms with Gasteiger partial charge in [-0.1, -0.05) is 52.3 Å². The number of rotatable bonds is 7. The second-order valence-electron chi connectivity index (χ2n) is 12.8. The maximum absolute atomic E-state index is 10.3. The van der Waals surface area contributed by atoms with E-state index in [1.165, 1.54) is 38.5 Å². The van der Waals surface area contributed by atoms with E-state index in [9.17, 15) is 10.4 Å². The lowest BCUT2D eigenvalue weighted by molar-refractivity contribution is -0.321. The Labute approximate surface area is 196 Å². The van der Waals surface area contributed by atoms with Crippen LogP contribution in [-0.4, -0.2) is 22.1 Å². The number of hydrogen-bond donors (Lipinski definition) is 2. The van der Waals surface area contributed by atoms with Gasteiger partial charge in [-0.05, 0) is 111 Å². The molecule has 0 aromatic heterocycles. The number of fused-ring (bicyclic) bond motifs is 5. The van der Waals surface area contributed by atoms with Crippen molar-refractivity contribution in [1.29, 1.82) is 0 Å². The molecule has 0 amide bonds. The van der Waals surface area contributed by atoms with Gasteiger partial charge < -0.3 is 5.11 Å². The average Bonchev–Trinajstić information content (AvgIpc) is 3.12. The fourth-order valence-electron chi connectivity index (χ4n) is 9.09. The highest BCUT2D eigenvalue weighted by molar-refractivity contribution is 5.25. The van der Waals surface area contributed by atoms with Crippen molar-refractivity contribution in [1.82, 2.24) is 0 Å². The van der Waals surface area contributed by atoms with Gasteiger partial charge in [-0.3, -0.25) is 5.26 Å². The number of aliphatic hydroxyl groups excluding tert-OH is 1. The molecule has 3 nitrogen and oxygen atoms in total. The van der Waals surface area contributed by atoms with E-state index < -0.39 is 5.60 Å². The summed E-state index contributed by atoms with van der Waals surface area (Å²) in [5.74, 6) is 4.05. The van der Waals surface area contributed by atoms with E-state index in [1.54, 1.807) is 5.57 Å². The Kier molecular flexibility index (Phi) is 6.78.